The van der Waals surface area contributed by atoms with E-state index < -0.39 is 11.6 Å². The number of benzene rings is 1. The maximum Gasteiger partial charge on any atom is 0.126 e. The Morgan fingerprint density at radius 2 is 1.82 bits per heavy atom. The fourth-order valence-corrected chi connectivity index (χ4v) is 2.12. The van der Waals surface area contributed by atoms with Crippen molar-refractivity contribution in [2.24, 2.45) is 0 Å². The summed E-state index contributed by atoms with van der Waals surface area (Å²) in [6.45, 7) is 1.02. The molecular weight excluding hydrogens is 220 g/mol. The molecule has 1 unspecified atom stereocenters. The van der Waals surface area contributed by atoms with E-state index in [-0.39, 0.29) is 0 Å². The minimum Gasteiger partial charge on any atom is -0.311 e. The van der Waals surface area contributed by atoms with E-state index in [2.05, 4.69) is 5.32 Å². The molecule has 1 saturated heterocycles. The van der Waals surface area contributed by atoms with Crippen molar-refractivity contribution in [1.82, 2.24) is 5.32 Å². The lowest BCUT2D eigenvalue weighted by molar-refractivity contribution is 0.582. The Bertz CT molecular complexity index is 373. The Labute approximate surface area is 101 Å². The van der Waals surface area contributed by atoms with Crippen LogP contribution < -0.4 is 5.32 Å². The minimum absolute atomic E-state index is 0.323. The molecule has 1 N–H and O–H groups in total. The molecule has 1 aromatic rings. The van der Waals surface area contributed by atoms with Crippen molar-refractivity contribution >= 4 is 6.08 Å². The van der Waals surface area contributed by atoms with Gasteiger partial charge in [0.1, 0.15) is 11.6 Å². The maximum atomic E-state index is 13.0. The third kappa shape index (κ3) is 3.93. The molecule has 1 aliphatic heterocycles. The maximum absolute atomic E-state index is 13.0. The number of hydrogen-bond donors (Lipinski definition) is 1. The van der Waals surface area contributed by atoms with Crippen molar-refractivity contribution in [3.8, 4) is 0 Å². The van der Waals surface area contributed by atoms with E-state index in [4.69, 9.17) is 0 Å². The SMILES string of the molecule is Fc1cc(F)cc(/C=C/C2CCCCCN2)c1. The van der Waals surface area contributed by atoms with E-state index in [0.29, 0.717) is 11.6 Å². The van der Waals surface area contributed by atoms with Gasteiger partial charge in [0, 0.05) is 12.1 Å². The van der Waals surface area contributed by atoms with Gasteiger partial charge in [0.2, 0.25) is 0 Å². The molecule has 0 saturated carbocycles. The van der Waals surface area contributed by atoms with E-state index in [1.165, 1.54) is 31.4 Å². The van der Waals surface area contributed by atoms with Crippen LogP contribution in [0, 0.1) is 11.6 Å². The Balaban J connectivity index is 2.03. The van der Waals surface area contributed by atoms with Gasteiger partial charge in [0.25, 0.3) is 0 Å². The predicted molar refractivity (Wildman–Crippen MR) is 65.7 cm³/mol. The van der Waals surface area contributed by atoms with Gasteiger partial charge in [0.05, 0.1) is 0 Å². The Morgan fingerprint density at radius 1 is 1.06 bits per heavy atom. The van der Waals surface area contributed by atoms with E-state index in [1.54, 1.807) is 6.08 Å². The molecular formula is C14H17F2N. The lowest BCUT2D eigenvalue weighted by Crippen LogP contribution is -2.25. The van der Waals surface area contributed by atoms with Crippen LogP contribution in [0.15, 0.2) is 24.3 Å². The van der Waals surface area contributed by atoms with E-state index in [1.807, 2.05) is 6.08 Å². The van der Waals surface area contributed by atoms with Gasteiger partial charge in [-0.15, -0.1) is 0 Å². The summed E-state index contributed by atoms with van der Waals surface area (Å²) in [5.41, 5.74) is 0.577. The molecule has 1 nitrogen and oxygen atoms in total. The normalized spacial score (nSPS) is 21.6. The molecule has 0 radical (unpaired) electrons. The first-order valence-electron chi connectivity index (χ1n) is 6.12. The molecule has 1 atom stereocenters. The van der Waals surface area contributed by atoms with Crippen molar-refractivity contribution in [2.45, 2.75) is 31.7 Å². The highest BCUT2D eigenvalue weighted by atomic mass is 19.1. The Morgan fingerprint density at radius 3 is 2.59 bits per heavy atom. The van der Waals surface area contributed by atoms with E-state index >= 15 is 0 Å². The molecule has 0 aliphatic carbocycles. The monoisotopic (exact) mass is 237 g/mol. The fourth-order valence-electron chi connectivity index (χ4n) is 2.12. The Kier molecular flexibility index (Phi) is 4.26. The summed E-state index contributed by atoms with van der Waals surface area (Å²) in [5.74, 6) is -1.06. The molecule has 1 aromatic carbocycles. The van der Waals surface area contributed by atoms with Crippen LogP contribution in [0.3, 0.4) is 0 Å². The van der Waals surface area contributed by atoms with Crippen LogP contribution in [0.25, 0.3) is 6.08 Å². The average Bonchev–Trinajstić information content (AvgIpc) is 2.53. The molecule has 1 aliphatic rings. The lowest BCUT2D eigenvalue weighted by Gasteiger charge is -2.10. The smallest absolute Gasteiger partial charge is 0.126 e. The zero-order valence-corrected chi connectivity index (χ0v) is 9.76. The van der Waals surface area contributed by atoms with E-state index in [9.17, 15) is 8.78 Å². The van der Waals surface area contributed by atoms with Crippen molar-refractivity contribution in [1.29, 1.82) is 0 Å². The number of halogens is 2. The van der Waals surface area contributed by atoms with Gasteiger partial charge < -0.3 is 5.32 Å². The van der Waals surface area contributed by atoms with Crippen LogP contribution in [0.2, 0.25) is 0 Å². The summed E-state index contributed by atoms with van der Waals surface area (Å²) in [6.07, 6.45) is 8.55. The fraction of sp³-hybridized carbons (Fsp3) is 0.429. The van der Waals surface area contributed by atoms with Crippen LogP contribution >= 0.6 is 0 Å². The zero-order chi connectivity index (χ0) is 12.1. The van der Waals surface area contributed by atoms with Crippen LogP contribution in [0.5, 0.6) is 0 Å². The number of hydrogen-bond acceptors (Lipinski definition) is 1. The van der Waals surface area contributed by atoms with Gasteiger partial charge in [-0.05, 0) is 37.1 Å². The number of rotatable bonds is 2. The van der Waals surface area contributed by atoms with Gasteiger partial charge in [-0.25, -0.2) is 8.78 Å². The van der Waals surface area contributed by atoms with Gasteiger partial charge in [-0.1, -0.05) is 25.0 Å². The lowest BCUT2D eigenvalue weighted by atomic mass is 10.1. The van der Waals surface area contributed by atoms with Crippen LogP contribution in [-0.2, 0) is 0 Å². The second-order valence-corrected chi connectivity index (χ2v) is 4.47. The molecule has 17 heavy (non-hydrogen) atoms. The zero-order valence-electron chi connectivity index (χ0n) is 9.76. The molecule has 0 bridgehead atoms. The standard InChI is InChI=1S/C14H17F2N/c15-12-8-11(9-13(16)10-12)5-6-14-4-2-1-3-7-17-14/h5-6,8-10,14,17H,1-4,7H2/b6-5+. The summed E-state index contributed by atoms with van der Waals surface area (Å²) in [4.78, 5) is 0. The molecule has 3 heteroatoms. The Hall–Kier alpha value is -1.22. The largest absolute Gasteiger partial charge is 0.311 e. The highest BCUT2D eigenvalue weighted by molar-refractivity contribution is 5.50. The minimum atomic E-state index is -0.529. The molecule has 1 heterocycles. The predicted octanol–water partition coefficient (Wildman–Crippen LogP) is 3.51. The molecule has 0 aromatic heterocycles. The first-order chi connectivity index (χ1) is 8.24. The summed E-state index contributed by atoms with van der Waals surface area (Å²) in [5, 5.41) is 3.41. The van der Waals surface area contributed by atoms with Gasteiger partial charge >= 0.3 is 0 Å². The summed E-state index contributed by atoms with van der Waals surface area (Å²) in [7, 11) is 0. The van der Waals surface area contributed by atoms with Crippen molar-refractivity contribution in [3.63, 3.8) is 0 Å². The summed E-state index contributed by atoms with van der Waals surface area (Å²) < 4.78 is 25.9. The highest BCUT2D eigenvalue weighted by Crippen LogP contribution is 2.13. The molecule has 0 amide bonds. The first kappa shape index (κ1) is 12.2. The van der Waals surface area contributed by atoms with Gasteiger partial charge in [-0.2, -0.15) is 0 Å². The van der Waals surface area contributed by atoms with E-state index in [0.717, 1.165) is 19.0 Å². The topological polar surface area (TPSA) is 12.0 Å². The molecule has 92 valence electrons. The second kappa shape index (κ2) is 5.92. The summed E-state index contributed by atoms with van der Waals surface area (Å²) >= 11 is 0. The summed E-state index contributed by atoms with van der Waals surface area (Å²) in [6, 6.07) is 3.90. The van der Waals surface area contributed by atoms with Crippen molar-refractivity contribution in [3.05, 3.63) is 41.5 Å². The van der Waals surface area contributed by atoms with Crippen molar-refractivity contribution < 1.29 is 8.78 Å². The molecule has 0 spiro atoms. The quantitative estimate of drug-likeness (QED) is 0.830. The van der Waals surface area contributed by atoms with Crippen LogP contribution in [-0.4, -0.2) is 12.6 Å². The third-order valence-corrected chi connectivity index (χ3v) is 3.00. The third-order valence-electron chi connectivity index (χ3n) is 3.00. The average molecular weight is 237 g/mol. The van der Waals surface area contributed by atoms with Crippen molar-refractivity contribution in [2.75, 3.05) is 6.54 Å². The number of nitrogens with one attached hydrogen (secondary N) is 1. The molecule has 1 fully saturated rings. The first-order valence-corrected chi connectivity index (χ1v) is 6.12. The highest BCUT2D eigenvalue weighted by Gasteiger charge is 2.07. The van der Waals surface area contributed by atoms with Crippen LogP contribution in [0.1, 0.15) is 31.2 Å². The second-order valence-electron chi connectivity index (χ2n) is 4.47. The van der Waals surface area contributed by atoms with Gasteiger partial charge in [0.15, 0.2) is 0 Å². The molecule has 2 rings (SSSR count). The van der Waals surface area contributed by atoms with Gasteiger partial charge in [-0.3, -0.25) is 0 Å². The van der Waals surface area contributed by atoms with Crippen LogP contribution in [0.4, 0.5) is 8.78 Å².